The molecular formula is C14H26N4O. The SMILES string of the molecule is CCn1nc(CCOC)nc1CN(C)C1CCCC1. The molecule has 0 amide bonds. The lowest BCUT2D eigenvalue weighted by Crippen LogP contribution is -2.30. The first-order valence-corrected chi connectivity index (χ1v) is 7.36. The molecule has 0 bridgehead atoms. The third-order valence-corrected chi connectivity index (χ3v) is 3.96. The maximum atomic E-state index is 5.09. The molecule has 0 radical (unpaired) electrons. The Balaban J connectivity index is 1.99. The van der Waals surface area contributed by atoms with Crippen LogP contribution in [-0.2, 0) is 24.2 Å². The molecule has 19 heavy (non-hydrogen) atoms. The quantitative estimate of drug-likeness (QED) is 0.755. The lowest BCUT2D eigenvalue weighted by atomic mass is 10.2. The molecule has 0 unspecified atom stereocenters. The highest BCUT2D eigenvalue weighted by molar-refractivity contribution is 4.94. The number of hydrogen-bond donors (Lipinski definition) is 0. The summed E-state index contributed by atoms with van der Waals surface area (Å²) >= 11 is 0. The van der Waals surface area contributed by atoms with Gasteiger partial charge in [-0.3, -0.25) is 4.90 Å². The molecule has 5 heteroatoms. The Hall–Kier alpha value is -0.940. The lowest BCUT2D eigenvalue weighted by molar-refractivity contribution is 0.200. The topological polar surface area (TPSA) is 43.2 Å². The third kappa shape index (κ3) is 3.76. The molecule has 0 N–H and O–H groups in total. The summed E-state index contributed by atoms with van der Waals surface area (Å²) < 4.78 is 7.12. The fraction of sp³-hybridized carbons (Fsp3) is 0.857. The minimum atomic E-state index is 0.686. The molecule has 5 nitrogen and oxygen atoms in total. The van der Waals surface area contributed by atoms with Crippen molar-refractivity contribution in [3.63, 3.8) is 0 Å². The summed E-state index contributed by atoms with van der Waals surface area (Å²) in [7, 11) is 3.92. The summed E-state index contributed by atoms with van der Waals surface area (Å²) in [5.41, 5.74) is 0. The zero-order chi connectivity index (χ0) is 13.7. The fourth-order valence-electron chi connectivity index (χ4n) is 2.79. The van der Waals surface area contributed by atoms with Crippen LogP contribution in [-0.4, -0.2) is 46.5 Å². The summed E-state index contributed by atoms with van der Waals surface area (Å²) in [4.78, 5) is 7.09. The van der Waals surface area contributed by atoms with Gasteiger partial charge in [0, 0.05) is 26.1 Å². The number of aryl methyl sites for hydroxylation is 1. The van der Waals surface area contributed by atoms with Gasteiger partial charge in [0.1, 0.15) is 5.82 Å². The van der Waals surface area contributed by atoms with Gasteiger partial charge in [-0.25, -0.2) is 9.67 Å². The van der Waals surface area contributed by atoms with Crippen molar-refractivity contribution in [1.82, 2.24) is 19.7 Å². The molecule has 1 aliphatic rings. The zero-order valence-corrected chi connectivity index (χ0v) is 12.4. The van der Waals surface area contributed by atoms with Crippen LogP contribution in [0.5, 0.6) is 0 Å². The molecule has 2 rings (SSSR count). The van der Waals surface area contributed by atoms with Gasteiger partial charge in [0.2, 0.25) is 0 Å². The highest BCUT2D eigenvalue weighted by Crippen LogP contribution is 2.23. The molecule has 1 aromatic rings. The van der Waals surface area contributed by atoms with Crippen LogP contribution in [0.1, 0.15) is 44.3 Å². The van der Waals surface area contributed by atoms with Gasteiger partial charge in [-0.05, 0) is 26.8 Å². The van der Waals surface area contributed by atoms with E-state index in [1.54, 1.807) is 7.11 Å². The summed E-state index contributed by atoms with van der Waals surface area (Å²) in [6.45, 7) is 4.59. The first kappa shape index (κ1) is 14.5. The van der Waals surface area contributed by atoms with Crippen molar-refractivity contribution in [2.24, 2.45) is 0 Å². The average Bonchev–Trinajstić information content (AvgIpc) is 3.05. The molecule has 0 spiro atoms. The number of ether oxygens (including phenoxy) is 1. The third-order valence-electron chi connectivity index (χ3n) is 3.96. The average molecular weight is 266 g/mol. The number of nitrogens with zero attached hydrogens (tertiary/aromatic N) is 4. The van der Waals surface area contributed by atoms with Crippen molar-refractivity contribution in [2.45, 2.75) is 58.2 Å². The normalized spacial score (nSPS) is 16.6. The van der Waals surface area contributed by atoms with E-state index in [1.165, 1.54) is 25.7 Å². The highest BCUT2D eigenvalue weighted by Gasteiger charge is 2.21. The second-order valence-corrected chi connectivity index (χ2v) is 5.36. The van der Waals surface area contributed by atoms with E-state index in [2.05, 4.69) is 29.0 Å². The monoisotopic (exact) mass is 266 g/mol. The summed E-state index contributed by atoms with van der Waals surface area (Å²) in [6, 6.07) is 0.726. The molecule has 1 aromatic heterocycles. The maximum Gasteiger partial charge on any atom is 0.153 e. The van der Waals surface area contributed by atoms with Crippen molar-refractivity contribution >= 4 is 0 Å². The Kier molecular flexibility index (Phi) is 5.34. The second kappa shape index (κ2) is 7.01. The van der Waals surface area contributed by atoms with Gasteiger partial charge in [-0.15, -0.1) is 0 Å². The lowest BCUT2D eigenvalue weighted by Gasteiger charge is -2.23. The molecule has 0 atom stereocenters. The minimum Gasteiger partial charge on any atom is -0.384 e. The molecular weight excluding hydrogens is 240 g/mol. The molecule has 108 valence electrons. The molecule has 0 saturated heterocycles. The van der Waals surface area contributed by atoms with Gasteiger partial charge < -0.3 is 4.74 Å². The molecule has 1 fully saturated rings. The molecule has 0 aromatic carbocycles. The van der Waals surface area contributed by atoms with E-state index in [4.69, 9.17) is 4.74 Å². The Bertz CT molecular complexity index is 385. The smallest absolute Gasteiger partial charge is 0.153 e. The standard InChI is InChI=1S/C14H26N4O/c1-4-18-14(15-13(16-18)9-10-19-3)11-17(2)12-7-5-6-8-12/h12H,4-11H2,1-3H3. The van der Waals surface area contributed by atoms with Gasteiger partial charge in [0.05, 0.1) is 13.2 Å². The Morgan fingerprint density at radius 1 is 1.37 bits per heavy atom. The maximum absolute atomic E-state index is 5.09. The van der Waals surface area contributed by atoms with Gasteiger partial charge in [0.25, 0.3) is 0 Å². The number of rotatable bonds is 7. The zero-order valence-electron chi connectivity index (χ0n) is 12.4. The van der Waals surface area contributed by atoms with Crippen LogP contribution in [0, 0.1) is 0 Å². The van der Waals surface area contributed by atoms with E-state index < -0.39 is 0 Å². The van der Waals surface area contributed by atoms with E-state index >= 15 is 0 Å². The molecule has 1 heterocycles. The van der Waals surface area contributed by atoms with E-state index in [0.29, 0.717) is 6.61 Å². The van der Waals surface area contributed by atoms with Crippen LogP contribution in [0.25, 0.3) is 0 Å². The second-order valence-electron chi connectivity index (χ2n) is 5.36. The van der Waals surface area contributed by atoms with Crippen LogP contribution in [0.2, 0.25) is 0 Å². The largest absolute Gasteiger partial charge is 0.384 e. The van der Waals surface area contributed by atoms with E-state index in [-0.39, 0.29) is 0 Å². The van der Waals surface area contributed by atoms with Crippen molar-refractivity contribution in [3.8, 4) is 0 Å². The number of aromatic nitrogens is 3. The van der Waals surface area contributed by atoms with Gasteiger partial charge in [0.15, 0.2) is 5.82 Å². The van der Waals surface area contributed by atoms with Crippen LogP contribution < -0.4 is 0 Å². The fourth-order valence-corrected chi connectivity index (χ4v) is 2.79. The van der Waals surface area contributed by atoms with Crippen molar-refractivity contribution < 1.29 is 4.74 Å². The number of methoxy groups -OCH3 is 1. The predicted octanol–water partition coefficient (Wildman–Crippen LogP) is 1.86. The Morgan fingerprint density at radius 2 is 2.11 bits per heavy atom. The first-order chi connectivity index (χ1) is 9.24. The van der Waals surface area contributed by atoms with Crippen molar-refractivity contribution in [1.29, 1.82) is 0 Å². The molecule has 1 aliphatic carbocycles. The summed E-state index contributed by atoms with van der Waals surface area (Å²) in [5, 5.41) is 4.54. The predicted molar refractivity (Wildman–Crippen MR) is 75.0 cm³/mol. The first-order valence-electron chi connectivity index (χ1n) is 7.36. The Labute approximate surface area is 116 Å². The minimum absolute atomic E-state index is 0.686. The van der Waals surface area contributed by atoms with E-state index in [9.17, 15) is 0 Å². The van der Waals surface area contributed by atoms with Gasteiger partial charge in [-0.1, -0.05) is 12.8 Å². The van der Waals surface area contributed by atoms with E-state index in [0.717, 1.165) is 37.2 Å². The van der Waals surface area contributed by atoms with Crippen molar-refractivity contribution in [2.75, 3.05) is 20.8 Å². The number of hydrogen-bond acceptors (Lipinski definition) is 4. The van der Waals surface area contributed by atoms with Crippen LogP contribution in [0.4, 0.5) is 0 Å². The highest BCUT2D eigenvalue weighted by atomic mass is 16.5. The molecule has 1 saturated carbocycles. The molecule has 0 aliphatic heterocycles. The van der Waals surface area contributed by atoms with Crippen LogP contribution >= 0.6 is 0 Å². The van der Waals surface area contributed by atoms with E-state index in [1.807, 2.05) is 4.68 Å². The summed E-state index contributed by atoms with van der Waals surface area (Å²) in [6.07, 6.45) is 6.19. The summed E-state index contributed by atoms with van der Waals surface area (Å²) in [5.74, 6) is 1.99. The van der Waals surface area contributed by atoms with Crippen molar-refractivity contribution in [3.05, 3.63) is 11.6 Å². The van der Waals surface area contributed by atoms with Crippen LogP contribution in [0.3, 0.4) is 0 Å². The Morgan fingerprint density at radius 3 is 2.74 bits per heavy atom. The van der Waals surface area contributed by atoms with Gasteiger partial charge in [-0.2, -0.15) is 5.10 Å². The van der Waals surface area contributed by atoms with Crippen LogP contribution in [0.15, 0.2) is 0 Å². The van der Waals surface area contributed by atoms with Gasteiger partial charge >= 0.3 is 0 Å².